The molecule has 2 N–H and O–H groups in total. The van der Waals surface area contributed by atoms with E-state index in [1.165, 1.54) is 30.3 Å². The summed E-state index contributed by atoms with van der Waals surface area (Å²) in [5.74, 6) is -2.41. The fraction of sp³-hybridized carbons (Fsp3) is 0.136. The Morgan fingerprint density at radius 1 is 0.935 bits per heavy atom. The number of anilines is 2. The van der Waals surface area contributed by atoms with Crippen molar-refractivity contribution in [1.82, 2.24) is 0 Å². The van der Waals surface area contributed by atoms with E-state index in [0.29, 0.717) is 5.69 Å². The minimum absolute atomic E-state index is 0.0343. The Hall–Kier alpha value is -3.46. The Balaban J connectivity index is 1.61. The lowest BCUT2D eigenvalue weighted by Gasteiger charge is -2.12. The zero-order valence-corrected chi connectivity index (χ0v) is 17.6. The lowest BCUT2D eigenvalue weighted by atomic mass is 10.1. The number of benzene rings is 3. The first kappa shape index (κ1) is 22.2. The summed E-state index contributed by atoms with van der Waals surface area (Å²) in [6.45, 7) is 3.28. The zero-order chi connectivity index (χ0) is 22.6. The number of carbonyl (C=O) groups excluding carboxylic acids is 1. The van der Waals surface area contributed by atoms with Crippen LogP contribution in [-0.2, 0) is 14.8 Å². The molecule has 0 bridgehead atoms. The number of ether oxygens (including phenoxy) is 1. The Kier molecular flexibility index (Phi) is 6.55. The molecule has 0 fully saturated rings. The molecule has 1 amide bonds. The van der Waals surface area contributed by atoms with Gasteiger partial charge in [0.15, 0.2) is 18.2 Å². The van der Waals surface area contributed by atoms with E-state index in [2.05, 4.69) is 10.0 Å². The Bertz CT molecular complexity index is 1210. The number of carbonyl (C=O) groups is 1. The number of halogens is 2. The molecule has 0 radical (unpaired) electrons. The van der Waals surface area contributed by atoms with Gasteiger partial charge in [-0.2, -0.15) is 0 Å². The summed E-state index contributed by atoms with van der Waals surface area (Å²) in [5, 5.41) is 2.38. The SMILES string of the molecule is Cc1ccc(C)c(NS(=O)(=O)c2ccc(OCC(=O)Nc3ccc(F)c(F)c3)cc2)c1. The van der Waals surface area contributed by atoms with Crippen molar-refractivity contribution in [2.45, 2.75) is 18.7 Å². The first-order valence-corrected chi connectivity index (χ1v) is 10.7. The second-order valence-electron chi connectivity index (χ2n) is 6.86. The number of hydrogen-bond donors (Lipinski definition) is 2. The normalized spacial score (nSPS) is 11.1. The molecule has 3 aromatic carbocycles. The van der Waals surface area contributed by atoms with Gasteiger partial charge in [-0.25, -0.2) is 17.2 Å². The van der Waals surface area contributed by atoms with Gasteiger partial charge in [-0.05, 0) is 67.4 Å². The van der Waals surface area contributed by atoms with Gasteiger partial charge < -0.3 is 10.1 Å². The molecule has 0 saturated heterocycles. The Morgan fingerprint density at radius 3 is 2.32 bits per heavy atom. The molecule has 0 aromatic heterocycles. The van der Waals surface area contributed by atoms with Crippen molar-refractivity contribution in [1.29, 1.82) is 0 Å². The molecule has 3 rings (SSSR count). The van der Waals surface area contributed by atoms with Crippen LogP contribution >= 0.6 is 0 Å². The average Bonchev–Trinajstić information content (AvgIpc) is 2.72. The van der Waals surface area contributed by atoms with Crippen LogP contribution in [-0.4, -0.2) is 20.9 Å². The second-order valence-corrected chi connectivity index (χ2v) is 8.54. The number of sulfonamides is 1. The number of aryl methyl sites for hydroxylation is 2. The van der Waals surface area contributed by atoms with E-state index in [4.69, 9.17) is 4.74 Å². The van der Waals surface area contributed by atoms with E-state index in [1.54, 1.807) is 13.0 Å². The quantitative estimate of drug-likeness (QED) is 0.564. The van der Waals surface area contributed by atoms with Gasteiger partial charge in [0.25, 0.3) is 15.9 Å². The van der Waals surface area contributed by atoms with Crippen molar-refractivity contribution in [3.63, 3.8) is 0 Å². The van der Waals surface area contributed by atoms with Crippen LogP contribution < -0.4 is 14.8 Å². The molecule has 0 aliphatic carbocycles. The zero-order valence-electron chi connectivity index (χ0n) is 16.8. The Labute approximate surface area is 178 Å². The highest BCUT2D eigenvalue weighted by Crippen LogP contribution is 2.22. The van der Waals surface area contributed by atoms with Gasteiger partial charge in [0.1, 0.15) is 5.75 Å². The predicted molar refractivity (Wildman–Crippen MR) is 114 cm³/mol. The van der Waals surface area contributed by atoms with Crippen molar-refractivity contribution in [2.24, 2.45) is 0 Å². The van der Waals surface area contributed by atoms with Crippen LogP contribution in [0.1, 0.15) is 11.1 Å². The molecule has 0 saturated carbocycles. The van der Waals surface area contributed by atoms with Crippen LogP contribution in [0.4, 0.5) is 20.2 Å². The van der Waals surface area contributed by atoms with E-state index in [-0.39, 0.29) is 16.3 Å². The van der Waals surface area contributed by atoms with E-state index < -0.39 is 34.2 Å². The predicted octanol–water partition coefficient (Wildman–Crippen LogP) is 4.40. The molecule has 3 aromatic rings. The third-order valence-corrected chi connectivity index (χ3v) is 5.73. The highest BCUT2D eigenvalue weighted by Gasteiger charge is 2.16. The summed E-state index contributed by atoms with van der Waals surface area (Å²) in [6, 6.07) is 14.0. The van der Waals surface area contributed by atoms with Crippen molar-refractivity contribution in [3.8, 4) is 5.75 Å². The monoisotopic (exact) mass is 446 g/mol. The molecular weight excluding hydrogens is 426 g/mol. The summed E-state index contributed by atoms with van der Waals surface area (Å²) < 4.78 is 59.2. The first-order chi connectivity index (χ1) is 14.6. The van der Waals surface area contributed by atoms with Crippen LogP contribution in [0.3, 0.4) is 0 Å². The summed E-state index contributed by atoms with van der Waals surface area (Å²) in [4.78, 5) is 11.9. The van der Waals surface area contributed by atoms with Gasteiger partial charge in [-0.15, -0.1) is 0 Å². The van der Waals surface area contributed by atoms with Crippen LogP contribution in [0.25, 0.3) is 0 Å². The molecule has 31 heavy (non-hydrogen) atoms. The van der Waals surface area contributed by atoms with Gasteiger partial charge in [-0.1, -0.05) is 12.1 Å². The second kappa shape index (κ2) is 9.13. The summed E-state index contributed by atoms with van der Waals surface area (Å²) in [7, 11) is -3.80. The van der Waals surface area contributed by atoms with Crippen LogP contribution in [0, 0.1) is 25.5 Å². The lowest BCUT2D eigenvalue weighted by Crippen LogP contribution is -2.20. The Morgan fingerprint density at radius 2 is 1.65 bits per heavy atom. The molecular formula is C22H20F2N2O4S. The fourth-order valence-corrected chi connectivity index (χ4v) is 3.81. The molecule has 0 atom stereocenters. The van der Waals surface area contributed by atoms with Crippen molar-refractivity contribution < 1.29 is 26.7 Å². The third-order valence-electron chi connectivity index (χ3n) is 4.34. The van der Waals surface area contributed by atoms with Crippen molar-refractivity contribution >= 4 is 27.3 Å². The number of amides is 1. The smallest absolute Gasteiger partial charge is 0.262 e. The van der Waals surface area contributed by atoms with Gasteiger partial charge >= 0.3 is 0 Å². The number of rotatable bonds is 7. The van der Waals surface area contributed by atoms with Crippen LogP contribution in [0.5, 0.6) is 5.75 Å². The lowest BCUT2D eigenvalue weighted by molar-refractivity contribution is -0.118. The van der Waals surface area contributed by atoms with Gasteiger partial charge in [-0.3, -0.25) is 9.52 Å². The van der Waals surface area contributed by atoms with E-state index >= 15 is 0 Å². The molecule has 0 aliphatic rings. The van der Waals surface area contributed by atoms with Gasteiger partial charge in [0.05, 0.1) is 10.6 Å². The van der Waals surface area contributed by atoms with E-state index in [1.807, 2.05) is 19.1 Å². The largest absolute Gasteiger partial charge is 0.484 e. The molecule has 0 aliphatic heterocycles. The van der Waals surface area contributed by atoms with E-state index in [9.17, 15) is 22.0 Å². The third kappa shape index (κ3) is 5.79. The molecule has 0 spiro atoms. The molecule has 6 nitrogen and oxygen atoms in total. The maximum Gasteiger partial charge on any atom is 0.262 e. The van der Waals surface area contributed by atoms with Gasteiger partial charge in [0.2, 0.25) is 0 Å². The number of hydrogen-bond acceptors (Lipinski definition) is 4. The molecule has 0 heterocycles. The van der Waals surface area contributed by atoms with Crippen molar-refractivity contribution in [3.05, 3.63) is 83.4 Å². The van der Waals surface area contributed by atoms with Crippen molar-refractivity contribution in [2.75, 3.05) is 16.6 Å². The summed E-state index contributed by atoms with van der Waals surface area (Å²) in [5.41, 5.74) is 2.30. The highest BCUT2D eigenvalue weighted by molar-refractivity contribution is 7.92. The van der Waals surface area contributed by atoms with Crippen LogP contribution in [0.2, 0.25) is 0 Å². The topological polar surface area (TPSA) is 84.5 Å². The molecule has 162 valence electrons. The number of nitrogens with one attached hydrogen (secondary N) is 2. The summed E-state index contributed by atoms with van der Waals surface area (Å²) in [6.07, 6.45) is 0. The van der Waals surface area contributed by atoms with Crippen LogP contribution in [0.15, 0.2) is 65.6 Å². The fourth-order valence-electron chi connectivity index (χ4n) is 2.68. The van der Waals surface area contributed by atoms with E-state index in [0.717, 1.165) is 23.3 Å². The molecule has 9 heteroatoms. The maximum absolute atomic E-state index is 13.2. The maximum atomic E-state index is 13.2. The minimum Gasteiger partial charge on any atom is -0.484 e. The average molecular weight is 446 g/mol. The minimum atomic E-state index is -3.80. The summed E-state index contributed by atoms with van der Waals surface area (Å²) >= 11 is 0. The van der Waals surface area contributed by atoms with Gasteiger partial charge in [0, 0.05) is 11.8 Å². The first-order valence-electron chi connectivity index (χ1n) is 9.22. The molecule has 0 unspecified atom stereocenters. The highest BCUT2D eigenvalue weighted by atomic mass is 32.2. The standard InChI is InChI=1S/C22H20F2N2O4S/c1-14-3-4-15(2)21(11-14)26-31(28,29)18-8-6-17(7-9-18)30-13-22(27)25-16-5-10-19(23)20(24)12-16/h3-12,26H,13H2,1-2H3,(H,25,27).